The molecule has 0 amide bonds. The third-order valence-electron chi connectivity index (χ3n) is 11.1. The van der Waals surface area contributed by atoms with E-state index in [1.165, 1.54) is 0 Å². The zero-order valence-corrected chi connectivity index (χ0v) is 28.6. The summed E-state index contributed by atoms with van der Waals surface area (Å²) in [4.78, 5) is 4.32. The number of pyridine rings is 1. The summed E-state index contributed by atoms with van der Waals surface area (Å²) in [5, 5.41) is 19.8. The Morgan fingerprint density at radius 2 is 0.907 bits per heavy atom. The van der Waals surface area contributed by atoms with Crippen LogP contribution in [0.25, 0.3) is 110 Å². The first kappa shape index (κ1) is 29.0. The van der Waals surface area contributed by atoms with Gasteiger partial charge in [-0.15, -0.1) is 0 Å². The van der Waals surface area contributed by atoms with Gasteiger partial charge in [0, 0.05) is 44.7 Å². The molecule has 0 unspecified atom stereocenters. The molecule has 0 saturated heterocycles. The standard InChI is InChI=1S/C48H26N4O2/c49-27-36-41(51-37-13-5-1-11-34(37)45-39(51)19-17-32-30-9-3-7-15-43(30)53-47(32)45)25-29(28-21-23-50-24-22-28)26-42(36)52-38-14-6-2-12-35(38)46-40(52)20-18-33-31-10-4-8-16-44(31)54-48(33)46/h1-26H. The van der Waals surface area contributed by atoms with Crippen LogP contribution in [-0.4, -0.2) is 14.1 Å². The number of hydrogen-bond acceptors (Lipinski definition) is 4. The first-order valence-corrected chi connectivity index (χ1v) is 17.9. The van der Waals surface area contributed by atoms with E-state index in [2.05, 4.69) is 117 Å². The number of aromatic nitrogens is 3. The highest BCUT2D eigenvalue weighted by molar-refractivity contribution is 6.25. The summed E-state index contributed by atoms with van der Waals surface area (Å²) in [6, 6.07) is 52.7. The molecule has 0 bridgehead atoms. The lowest BCUT2D eigenvalue weighted by atomic mass is 10.0. The van der Waals surface area contributed by atoms with Crippen LogP contribution in [0.15, 0.2) is 167 Å². The van der Waals surface area contributed by atoms with Crippen molar-refractivity contribution < 1.29 is 8.83 Å². The largest absolute Gasteiger partial charge is 0.455 e. The molecule has 0 atom stereocenters. The second-order valence-electron chi connectivity index (χ2n) is 13.8. The van der Waals surface area contributed by atoms with Crippen LogP contribution >= 0.6 is 0 Å². The summed E-state index contributed by atoms with van der Waals surface area (Å²) < 4.78 is 17.7. The maximum atomic E-state index is 11.4. The maximum absolute atomic E-state index is 11.4. The Hall–Kier alpha value is -7.62. The van der Waals surface area contributed by atoms with Crippen molar-refractivity contribution in [2.24, 2.45) is 0 Å². The predicted molar refractivity (Wildman–Crippen MR) is 218 cm³/mol. The van der Waals surface area contributed by atoms with Crippen molar-refractivity contribution in [1.82, 2.24) is 14.1 Å². The lowest BCUT2D eigenvalue weighted by Gasteiger charge is -2.18. The lowest BCUT2D eigenvalue weighted by Crippen LogP contribution is -2.05. The van der Waals surface area contributed by atoms with E-state index in [1.54, 1.807) is 0 Å². The molecule has 5 heterocycles. The first-order chi connectivity index (χ1) is 26.8. The zero-order valence-electron chi connectivity index (χ0n) is 28.6. The van der Waals surface area contributed by atoms with Crippen LogP contribution in [0.2, 0.25) is 0 Å². The zero-order chi connectivity index (χ0) is 35.5. The van der Waals surface area contributed by atoms with Gasteiger partial charge in [-0.1, -0.05) is 72.8 Å². The van der Waals surface area contributed by atoms with Gasteiger partial charge in [0.05, 0.1) is 44.2 Å². The first-order valence-electron chi connectivity index (χ1n) is 17.9. The fourth-order valence-electron chi connectivity index (χ4n) is 8.78. The van der Waals surface area contributed by atoms with E-state index in [1.807, 2.05) is 60.9 Å². The highest BCUT2D eigenvalue weighted by Gasteiger charge is 2.25. The monoisotopic (exact) mass is 690 g/mol. The Labute approximate surface area is 306 Å². The normalized spacial score (nSPS) is 12.1. The van der Waals surface area contributed by atoms with E-state index >= 15 is 0 Å². The summed E-state index contributed by atoms with van der Waals surface area (Å²) in [5.41, 5.74) is 11.3. The van der Waals surface area contributed by atoms with Gasteiger partial charge < -0.3 is 18.0 Å². The van der Waals surface area contributed by atoms with Crippen LogP contribution < -0.4 is 0 Å². The van der Waals surface area contributed by atoms with Crippen molar-refractivity contribution in [1.29, 1.82) is 5.26 Å². The molecule has 0 N–H and O–H groups in total. The van der Waals surface area contributed by atoms with Gasteiger partial charge in [-0.3, -0.25) is 4.98 Å². The molecule has 6 heteroatoms. The van der Waals surface area contributed by atoms with Gasteiger partial charge in [-0.05, 0) is 83.9 Å². The molecule has 12 rings (SSSR count). The average Bonchev–Trinajstić information content (AvgIpc) is 3.98. The maximum Gasteiger partial charge on any atom is 0.145 e. The Kier molecular flexibility index (Phi) is 5.75. The molecule has 7 aromatic carbocycles. The van der Waals surface area contributed by atoms with Gasteiger partial charge in [0.15, 0.2) is 0 Å². The van der Waals surface area contributed by atoms with Crippen molar-refractivity contribution in [3.8, 4) is 28.6 Å². The highest BCUT2D eigenvalue weighted by atomic mass is 16.3. The lowest BCUT2D eigenvalue weighted by molar-refractivity contribution is 0.672. The molecule has 54 heavy (non-hydrogen) atoms. The minimum absolute atomic E-state index is 0.549. The van der Waals surface area contributed by atoms with Gasteiger partial charge in [0.2, 0.25) is 0 Å². The summed E-state index contributed by atoms with van der Waals surface area (Å²) in [7, 11) is 0. The number of rotatable bonds is 3. The van der Waals surface area contributed by atoms with E-state index in [0.717, 1.165) is 110 Å². The van der Waals surface area contributed by atoms with Crippen LogP contribution in [0.5, 0.6) is 0 Å². The molecule has 0 fully saturated rings. The molecular formula is C48H26N4O2. The van der Waals surface area contributed by atoms with Gasteiger partial charge >= 0.3 is 0 Å². The van der Waals surface area contributed by atoms with E-state index < -0.39 is 0 Å². The van der Waals surface area contributed by atoms with E-state index in [-0.39, 0.29) is 0 Å². The summed E-state index contributed by atoms with van der Waals surface area (Å²) in [5.74, 6) is 0. The molecule has 6 nitrogen and oxygen atoms in total. The Balaban J connectivity index is 1.25. The summed E-state index contributed by atoms with van der Waals surface area (Å²) >= 11 is 0. The average molecular weight is 691 g/mol. The molecule has 0 aliphatic carbocycles. The third-order valence-corrected chi connectivity index (χ3v) is 11.1. The predicted octanol–water partition coefficient (Wildman–Crippen LogP) is 12.6. The minimum Gasteiger partial charge on any atom is -0.455 e. The van der Waals surface area contributed by atoms with E-state index in [0.29, 0.717) is 5.56 Å². The third kappa shape index (κ3) is 3.79. The molecule has 0 radical (unpaired) electrons. The molecule has 0 aliphatic heterocycles. The fourth-order valence-corrected chi connectivity index (χ4v) is 8.78. The number of para-hydroxylation sites is 4. The van der Waals surface area contributed by atoms with Gasteiger partial charge in [-0.2, -0.15) is 5.26 Å². The Morgan fingerprint density at radius 1 is 0.444 bits per heavy atom. The Bertz CT molecular complexity index is 3370. The smallest absolute Gasteiger partial charge is 0.145 e. The topological polar surface area (TPSA) is 72.8 Å². The summed E-state index contributed by atoms with van der Waals surface area (Å²) in [6.07, 6.45) is 3.62. The van der Waals surface area contributed by atoms with Crippen molar-refractivity contribution in [3.05, 3.63) is 164 Å². The van der Waals surface area contributed by atoms with Gasteiger partial charge in [-0.25, -0.2) is 0 Å². The molecule has 0 spiro atoms. The van der Waals surface area contributed by atoms with Crippen LogP contribution in [0.4, 0.5) is 0 Å². The van der Waals surface area contributed by atoms with Crippen LogP contribution in [-0.2, 0) is 0 Å². The highest BCUT2D eigenvalue weighted by Crippen LogP contribution is 2.45. The second-order valence-corrected chi connectivity index (χ2v) is 13.8. The molecule has 0 saturated carbocycles. The SMILES string of the molecule is N#Cc1c(-n2c3ccccc3c3c4oc5ccccc5c4ccc32)cc(-c2ccncc2)cc1-n1c2ccccc2c2c3oc4ccccc4c3ccc21. The number of benzene rings is 7. The van der Waals surface area contributed by atoms with E-state index in [4.69, 9.17) is 8.83 Å². The number of nitrogens with zero attached hydrogens (tertiary/aromatic N) is 4. The molecule has 0 aliphatic rings. The number of furan rings is 2. The van der Waals surface area contributed by atoms with Crippen molar-refractivity contribution >= 4 is 87.5 Å². The second kappa shape index (κ2) is 10.7. The molecular weight excluding hydrogens is 665 g/mol. The van der Waals surface area contributed by atoms with Crippen molar-refractivity contribution in [2.75, 3.05) is 0 Å². The quantitative estimate of drug-likeness (QED) is 0.185. The fraction of sp³-hybridized carbons (Fsp3) is 0. The van der Waals surface area contributed by atoms with Crippen LogP contribution in [0.3, 0.4) is 0 Å². The molecule has 5 aromatic heterocycles. The minimum atomic E-state index is 0.549. The number of hydrogen-bond donors (Lipinski definition) is 0. The van der Waals surface area contributed by atoms with Crippen LogP contribution in [0, 0.1) is 11.3 Å². The number of nitriles is 1. The van der Waals surface area contributed by atoms with Crippen molar-refractivity contribution in [3.63, 3.8) is 0 Å². The molecule has 12 aromatic rings. The Morgan fingerprint density at radius 3 is 1.41 bits per heavy atom. The van der Waals surface area contributed by atoms with Crippen molar-refractivity contribution in [2.45, 2.75) is 0 Å². The summed E-state index contributed by atoms with van der Waals surface area (Å²) in [6.45, 7) is 0. The molecule has 250 valence electrons. The van der Waals surface area contributed by atoms with Gasteiger partial charge in [0.1, 0.15) is 34.0 Å². The van der Waals surface area contributed by atoms with Crippen LogP contribution in [0.1, 0.15) is 5.56 Å². The van der Waals surface area contributed by atoms with Gasteiger partial charge in [0.25, 0.3) is 0 Å². The van der Waals surface area contributed by atoms with E-state index in [9.17, 15) is 5.26 Å². The number of fused-ring (bicyclic) bond motifs is 14.